The van der Waals surface area contributed by atoms with E-state index in [1.54, 1.807) is 19.2 Å². The van der Waals surface area contributed by atoms with Crippen molar-refractivity contribution in [2.24, 2.45) is 12.0 Å². The zero-order valence-corrected chi connectivity index (χ0v) is 19.3. The minimum atomic E-state index is -0.309. The maximum atomic E-state index is 12.9. The summed E-state index contributed by atoms with van der Waals surface area (Å²) >= 11 is 6.02. The third-order valence-electron chi connectivity index (χ3n) is 4.06. The second kappa shape index (κ2) is 11.9. The van der Waals surface area contributed by atoms with Crippen LogP contribution in [-0.2, 0) is 24.8 Å². The van der Waals surface area contributed by atoms with Gasteiger partial charge in [0, 0.05) is 46.1 Å². The fourth-order valence-electron chi connectivity index (χ4n) is 2.65. The molecule has 0 aliphatic heterocycles. The van der Waals surface area contributed by atoms with Crippen LogP contribution in [0.3, 0.4) is 0 Å². The summed E-state index contributed by atoms with van der Waals surface area (Å²) in [7, 11) is 5.59. The summed E-state index contributed by atoms with van der Waals surface area (Å²) in [4.78, 5) is 18.2. The molecular weight excluding hydrogens is 496 g/mol. The molecule has 1 aromatic heterocycles. The molecule has 1 heterocycles. The highest BCUT2D eigenvalue weighted by Crippen LogP contribution is 2.14. The van der Waals surface area contributed by atoms with Gasteiger partial charge in [-0.15, -0.1) is 24.0 Å². The summed E-state index contributed by atoms with van der Waals surface area (Å²) in [5.41, 5.74) is 1.84. The number of guanidine groups is 1. The number of nitrogens with zero attached hydrogens (tertiary/aromatic N) is 3. The van der Waals surface area contributed by atoms with Crippen LogP contribution in [0.4, 0.5) is 4.39 Å². The molecule has 0 bridgehead atoms. The molecule has 0 radical (unpaired) electrons. The quantitative estimate of drug-likeness (QED) is 0.255. The van der Waals surface area contributed by atoms with Crippen molar-refractivity contribution >= 4 is 47.4 Å². The van der Waals surface area contributed by atoms with Gasteiger partial charge in [-0.3, -0.25) is 9.79 Å². The van der Waals surface area contributed by atoms with E-state index in [0.29, 0.717) is 24.7 Å². The highest BCUT2D eigenvalue weighted by Gasteiger charge is 2.10. The molecule has 1 aromatic carbocycles. The number of hydrogen-bond donors (Lipinski definition) is 2. The van der Waals surface area contributed by atoms with Gasteiger partial charge < -0.3 is 20.1 Å². The van der Waals surface area contributed by atoms with Gasteiger partial charge in [0.25, 0.3) is 0 Å². The minimum absolute atomic E-state index is 0. The minimum Gasteiger partial charge on any atom is -0.354 e. The molecule has 6 nitrogen and oxygen atoms in total. The van der Waals surface area contributed by atoms with Crippen LogP contribution < -0.4 is 10.6 Å². The number of carbonyl (C=O) groups excluding carboxylic acids is 1. The van der Waals surface area contributed by atoms with Gasteiger partial charge in [-0.05, 0) is 23.8 Å². The average Bonchev–Trinajstić information content (AvgIpc) is 2.94. The molecule has 0 unspecified atom stereocenters. The summed E-state index contributed by atoms with van der Waals surface area (Å²) in [6, 6.07) is 7.84. The molecule has 0 aliphatic rings. The van der Waals surface area contributed by atoms with Crippen molar-refractivity contribution in [3.05, 3.63) is 58.6 Å². The van der Waals surface area contributed by atoms with Gasteiger partial charge in [0.15, 0.2) is 5.96 Å². The highest BCUT2D eigenvalue weighted by molar-refractivity contribution is 14.0. The smallest absolute Gasteiger partial charge is 0.224 e. The van der Waals surface area contributed by atoms with Crippen molar-refractivity contribution < 1.29 is 9.18 Å². The molecule has 9 heteroatoms. The van der Waals surface area contributed by atoms with Crippen LogP contribution >= 0.6 is 35.6 Å². The van der Waals surface area contributed by atoms with Gasteiger partial charge in [-0.1, -0.05) is 23.7 Å². The number of carbonyl (C=O) groups is 1. The van der Waals surface area contributed by atoms with Gasteiger partial charge in [-0.25, -0.2) is 4.39 Å². The fourth-order valence-corrected chi connectivity index (χ4v) is 2.92. The molecule has 28 heavy (non-hydrogen) atoms. The van der Waals surface area contributed by atoms with E-state index in [0.717, 1.165) is 17.2 Å². The third kappa shape index (κ3) is 7.67. The van der Waals surface area contributed by atoms with Crippen molar-refractivity contribution in [2.75, 3.05) is 27.2 Å². The molecule has 0 atom stereocenters. The zero-order valence-electron chi connectivity index (χ0n) is 16.2. The fraction of sp³-hybridized carbons (Fsp3) is 0.368. The second-order valence-corrected chi connectivity index (χ2v) is 6.68. The first-order chi connectivity index (χ1) is 12.9. The predicted molar refractivity (Wildman–Crippen MR) is 122 cm³/mol. The van der Waals surface area contributed by atoms with Gasteiger partial charge >= 0.3 is 0 Å². The Morgan fingerprint density at radius 1 is 1.25 bits per heavy atom. The second-order valence-electron chi connectivity index (χ2n) is 6.24. The lowest BCUT2D eigenvalue weighted by Crippen LogP contribution is -2.42. The van der Waals surface area contributed by atoms with Crippen LogP contribution in [0.1, 0.15) is 11.3 Å². The van der Waals surface area contributed by atoms with Gasteiger partial charge in [0.2, 0.25) is 5.91 Å². The topological polar surface area (TPSA) is 61.7 Å². The molecule has 154 valence electrons. The van der Waals surface area contributed by atoms with Crippen molar-refractivity contribution in [3.63, 3.8) is 0 Å². The molecule has 1 amide bonds. The zero-order chi connectivity index (χ0) is 19.8. The Morgan fingerprint density at radius 2 is 1.89 bits per heavy atom. The Bertz CT molecular complexity index is 794. The average molecular weight is 522 g/mol. The number of rotatable bonds is 7. The van der Waals surface area contributed by atoms with Gasteiger partial charge in [-0.2, -0.15) is 0 Å². The van der Waals surface area contributed by atoms with Gasteiger partial charge in [0.05, 0.1) is 18.0 Å². The number of aromatic nitrogens is 1. The van der Waals surface area contributed by atoms with Crippen molar-refractivity contribution in [1.29, 1.82) is 0 Å². The summed E-state index contributed by atoms with van der Waals surface area (Å²) in [5.74, 6) is 0.307. The highest BCUT2D eigenvalue weighted by atomic mass is 127. The maximum absolute atomic E-state index is 12.9. The van der Waals surface area contributed by atoms with E-state index in [4.69, 9.17) is 11.6 Å². The summed E-state index contributed by atoms with van der Waals surface area (Å²) < 4.78 is 14.8. The van der Waals surface area contributed by atoms with Crippen LogP contribution in [-0.4, -0.2) is 48.5 Å². The lowest BCUT2D eigenvalue weighted by Gasteiger charge is -2.22. The Kier molecular flexibility index (Phi) is 10.3. The van der Waals surface area contributed by atoms with E-state index >= 15 is 0 Å². The Hall–Kier alpha value is -1.81. The normalized spacial score (nSPS) is 11.0. The SMILES string of the molecule is CN=C(NCCNC(=O)Cc1ccc(F)cc1)N(C)Cc1cc(Cl)cn1C.I. The first-order valence-electron chi connectivity index (χ1n) is 8.62. The lowest BCUT2D eigenvalue weighted by molar-refractivity contribution is -0.120. The molecule has 0 saturated carbocycles. The van der Waals surface area contributed by atoms with E-state index in [2.05, 4.69) is 15.6 Å². The number of aliphatic imine (C=N–C) groups is 1. The lowest BCUT2D eigenvalue weighted by atomic mass is 10.1. The number of halogens is 3. The standard InChI is InChI=1S/C19H25ClFN5O.HI/c1-22-19(26(3)13-17-11-15(20)12-25(17)2)24-9-8-23-18(27)10-14-4-6-16(21)7-5-14;/h4-7,11-12H,8-10,13H2,1-3H3,(H,22,24)(H,23,27);1H. The van der Waals surface area contributed by atoms with E-state index in [-0.39, 0.29) is 42.1 Å². The number of benzene rings is 1. The molecule has 2 N–H and O–H groups in total. The molecular formula is C19H26ClFIN5O. The van der Waals surface area contributed by atoms with E-state index in [1.807, 2.05) is 35.8 Å². The summed E-state index contributed by atoms with van der Waals surface area (Å²) in [5, 5.41) is 6.75. The van der Waals surface area contributed by atoms with E-state index in [1.165, 1.54) is 12.1 Å². The first kappa shape index (κ1) is 24.2. The van der Waals surface area contributed by atoms with Crippen LogP contribution in [0.15, 0.2) is 41.5 Å². The Morgan fingerprint density at radius 3 is 2.46 bits per heavy atom. The number of amides is 1. The molecule has 0 spiro atoms. The molecule has 0 saturated heterocycles. The number of hydrogen-bond acceptors (Lipinski definition) is 2. The van der Waals surface area contributed by atoms with Crippen LogP contribution in [0, 0.1) is 5.82 Å². The molecule has 2 aromatic rings. The third-order valence-corrected chi connectivity index (χ3v) is 4.26. The largest absolute Gasteiger partial charge is 0.354 e. The summed E-state index contributed by atoms with van der Waals surface area (Å²) in [6.07, 6.45) is 2.08. The van der Waals surface area contributed by atoms with Crippen molar-refractivity contribution in [2.45, 2.75) is 13.0 Å². The monoisotopic (exact) mass is 521 g/mol. The Labute approximate surface area is 187 Å². The number of nitrogens with one attached hydrogen (secondary N) is 2. The molecule has 0 aliphatic carbocycles. The van der Waals surface area contributed by atoms with Crippen LogP contribution in [0.5, 0.6) is 0 Å². The Balaban J connectivity index is 0.00000392. The van der Waals surface area contributed by atoms with E-state index in [9.17, 15) is 9.18 Å². The van der Waals surface area contributed by atoms with Crippen molar-refractivity contribution in [1.82, 2.24) is 20.1 Å². The predicted octanol–water partition coefficient (Wildman–Crippen LogP) is 2.80. The number of aryl methyl sites for hydroxylation is 1. The maximum Gasteiger partial charge on any atom is 0.224 e. The van der Waals surface area contributed by atoms with Crippen molar-refractivity contribution in [3.8, 4) is 0 Å². The van der Waals surface area contributed by atoms with Crippen LogP contribution in [0.25, 0.3) is 0 Å². The molecule has 2 rings (SSSR count). The van der Waals surface area contributed by atoms with E-state index < -0.39 is 0 Å². The van der Waals surface area contributed by atoms with Gasteiger partial charge in [0.1, 0.15) is 5.82 Å². The first-order valence-corrected chi connectivity index (χ1v) is 9.00. The van der Waals surface area contributed by atoms with Crippen LogP contribution in [0.2, 0.25) is 5.02 Å². The molecule has 0 fully saturated rings. The summed E-state index contributed by atoms with van der Waals surface area (Å²) in [6.45, 7) is 1.66.